The summed E-state index contributed by atoms with van der Waals surface area (Å²) in [5.41, 5.74) is 2.46. The van der Waals surface area contributed by atoms with Crippen molar-refractivity contribution in [3.05, 3.63) is 100 Å². The number of sulfonamides is 2. The lowest BCUT2D eigenvalue weighted by atomic mass is 9.91. The number of halogens is 2. The summed E-state index contributed by atoms with van der Waals surface area (Å²) in [6, 6.07) is 22.4. The van der Waals surface area contributed by atoms with Crippen LogP contribution in [0.2, 0.25) is 10.0 Å². The molecule has 9 nitrogen and oxygen atoms in total. The summed E-state index contributed by atoms with van der Waals surface area (Å²) in [7, 11) is -6.48. The molecule has 0 spiro atoms. The molecule has 0 aromatic heterocycles. The normalized spacial score (nSPS) is 16.4. The maximum atomic E-state index is 13.3. The lowest BCUT2D eigenvalue weighted by Crippen LogP contribution is -2.42. The van der Waals surface area contributed by atoms with E-state index in [2.05, 4.69) is 4.40 Å². The van der Waals surface area contributed by atoms with Crippen LogP contribution >= 0.6 is 23.2 Å². The van der Waals surface area contributed by atoms with Crippen LogP contribution in [0.3, 0.4) is 0 Å². The summed E-state index contributed by atoms with van der Waals surface area (Å²) in [5, 5.41) is 12.4. The van der Waals surface area contributed by atoms with Gasteiger partial charge in [-0.15, -0.1) is 4.40 Å². The van der Waals surface area contributed by atoms with Crippen molar-refractivity contribution < 1.29 is 16.8 Å². The number of hydrazone groups is 1. The molecule has 0 fully saturated rings. The molecule has 1 aliphatic heterocycles. The second kappa shape index (κ2) is 11.4. The molecule has 1 atom stereocenters. The minimum Gasteiger partial charge on any atom is -0.342 e. The summed E-state index contributed by atoms with van der Waals surface area (Å²) < 4.78 is 53.9. The van der Waals surface area contributed by atoms with E-state index in [0.29, 0.717) is 15.8 Å². The predicted molar refractivity (Wildman–Crippen MR) is 151 cm³/mol. The van der Waals surface area contributed by atoms with Gasteiger partial charge in [0.05, 0.1) is 22.9 Å². The lowest BCUT2D eigenvalue weighted by Gasteiger charge is -2.26. The standard InChI is InChI=1S/C25H25Cl2N5O4S2/c1-31(15-16-37(28,33)34)25(30-38(35,36)22-13-11-21(27)12-14-22)32-17-23(18-5-3-2-4-6-18)24(29-32)19-7-9-20(26)10-8-19/h2-14,23H,15-17H2,1H3,(H2,28,33,34)/b30-25-/t23-/m1/s1. The van der Waals surface area contributed by atoms with Crippen molar-refractivity contribution in [1.82, 2.24) is 9.91 Å². The first-order valence-electron chi connectivity index (χ1n) is 11.4. The topological polar surface area (TPSA) is 125 Å². The summed E-state index contributed by atoms with van der Waals surface area (Å²) >= 11 is 12.0. The molecule has 0 amide bonds. The molecule has 0 unspecified atom stereocenters. The zero-order chi connectivity index (χ0) is 27.5. The van der Waals surface area contributed by atoms with Crippen LogP contribution in [0.4, 0.5) is 0 Å². The first kappa shape index (κ1) is 28.1. The zero-order valence-electron chi connectivity index (χ0n) is 20.3. The van der Waals surface area contributed by atoms with Gasteiger partial charge in [-0.3, -0.25) is 0 Å². The smallest absolute Gasteiger partial charge is 0.285 e. The van der Waals surface area contributed by atoms with Gasteiger partial charge in [0.15, 0.2) is 0 Å². The van der Waals surface area contributed by atoms with E-state index in [0.717, 1.165) is 11.1 Å². The molecule has 4 rings (SSSR count). The van der Waals surface area contributed by atoms with Crippen LogP contribution in [-0.2, 0) is 20.0 Å². The second-order valence-electron chi connectivity index (χ2n) is 8.65. The van der Waals surface area contributed by atoms with Gasteiger partial charge in [0, 0.05) is 29.6 Å². The van der Waals surface area contributed by atoms with E-state index in [1.165, 1.54) is 41.2 Å². The molecule has 1 heterocycles. The molecular formula is C25H25Cl2N5O4S2. The third-order valence-electron chi connectivity index (χ3n) is 5.85. The Bertz CT molecular complexity index is 1560. The quantitative estimate of drug-likeness (QED) is 0.328. The van der Waals surface area contributed by atoms with E-state index in [4.69, 9.17) is 33.4 Å². The molecule has 38 heavy (non-hydrogen) atoms. The van der Waals surface area contributed by atoms with Crippen molar-refractivity contribution in [3.63, 3.8) is 0 Å². The van der Waals surface area contributed by atoms with Gasteiger partial charge in [-0.2, -0.15) is 13.5 Å². The first-order valence-corrected chi connectivity index (χ1v) is 15.3. The fourth-order valence-corrected chi connectivity index (χ4v) is 5.71. The van der Waals surface area contributed by atoms with Crippen LogP contribution in [0.5, 0.6) is 0 Å². The predicted octanol–water partition coefficient (Wildman–Crippen LogP) is 3.76. The van der Waals surface area contributed by atoms with E-state index in [-0.39, 0.29) is 29.9 Å². The monoisotopic (exact) mass is 593 g/mol. The number of hydrogen-bond donors (Lipinski definition) is 1. The number of hydrogen-bond acceptors (Lipinski definition) is 5. The maximum absolute atomic E-state index is 13.3. The third-order valence-corrected chi connectivity index (χ3v) is 8.38. The molecule has 0 radical (unpaired) electrons. The van der Waals surface area contributed by atoms with Gasteiger partial charge >= 0.3 is 0 Å². The Kier molecular flexibility index (Phi) is 8.43. The molecule has 1 aliphatic rings. The van der Waals surface area contributed by atoms with E-state index >= 15 is 0 Å². The lowest BCUT2D eigenvalue weighted by molar-refractivity contribution is 0.382. The van der Waals surface area contributed by atoms with Gasteiger partial charge < -0.3 is 4.90 Å². The van der Waals surface area contributed by atoms with Crippen molar-refractivity contribution in [2.24, 2.45) is 14.6 Å². The van der Waals surface area contributed by atoms with Crippen LogP contribution in [0.25, 0.3) is 0 Å². The molecule has 13 heteroatoms. The van der Waals surface area contributed by atoms with Gasteiger partial charge in [0.1, 0.15) is 0 Å². The fraction of sp³-hybridized carbons (Fsp3) is 0.200. The summed E-state index contributed by atoms with van der Waals surface area (Å²) in [6.45, 7) is 0.156. The second-order valence-corrected chi connectivity index (χ2v) is 12.9. The fourth-order valence-electron chi connectivity index (χ4n) is 3.90. The Balaban J connectivity index is 1.80. The molecule has 3 aromatic rings. The molecule has 0 saturated carbocycles. The van der Waals surface area contributed by atoms with E-state index < -0.39 is 25.8 Å². The van der Waals surface area contributed by atoms with Crippen LogP contribution in [0.1, 0.15) is 17.0 Å². The summed E-state index contributed by atoms with van der Waals surface area (Å²) in [6.07, 6.45) is 0. The van der Waals surface area contributed by atoms with Crippen LogP contribution in [0, 0.1) is 0 Å². The van der Waals surface area contributed by atoms with Gasteiger partial charge in [0.2, 0.25) is 16.0 Å². The van der Waals surface area contributed by atoms with E-state index in [1.54, 1.807) is 12.1 Å². The highest BCUT2D eigenvalue weighted by atomic mass is 35.5. The Hall–Kier alpha value is -2.96. The number of nitrogens with zero attached hydrogens (tertiary/aromatic N) is 4. The largest absolute Gasteiger partial charge is 0.342 e. The summed E-state index contributed by atoms with van der Waals surface area (Å²) in [5.74, 6) is -0.686. The van der Waals surface area contributed by atoms with Crippen LogP contribution < -0.4 is 5.14 Å². The molecular weight excluding hydrogens is 569 g/mol. The van der Waals surface area contributed by atoms with Crippen LogP contribution in [-0.4, -0.2) is 64.3 Å². The highest BCUT2D eigenvalue weighted by Crippen LogP contribution is 2.30. The molecule has 0 aliphatic carbocycles. The Morgan fingerprint density at radius 3 is 2.13 bits per heavy atom. The van der Waals surface area contributed by atoms with E-state index in [9.17, 15) is 16.8 Å². The number of primary sulfonamides is 1. The molecule has 0 saturated heterocycles. The number of guanidine groups is 1. The molecule has 200 valence electrons. The number of benzene rings is 3. The average Bonchev–Trinajstić information content (AvgIpc) is 3.32. The van der Waals surface area contributed by atoms with E-state index in [1.807, 2.05) is 42.5 Å². The Labute approximate surface area is 232 Å². The average molecular weight is 595 g/mol. The minimum atomic E-state index is -4.20. The van der Waals surface area contributed by atoms with Crippen molar-refractivity contribution in [3.8, 4) is 0 Å². The van der Waals surface area contributed by atoms with Crippen molar-refractivity contribution in [1.29, 1.82) is 0 Å². The first-order chi connectivity index (χ1) is 17.9. The van der Waals surface area contributed by atoms with Crippen molar-refractivity contribution >= 4 is 54.9 Å². The molecule has 3 aromatic carbocycles. The van der Waals surface area contributed by atoms with Gasteiger partial charge in [-0.1, -0.05) is 65.7 Å². The highest BCUT2D eigenvalue weighted by molar-refractivity contribution is 7.90. The maximum Gasteiger partial charge on any atom is 0.285 e. The number of rotatable bonds is 7. The Morgan fingerprint density at radius 1 is 0.974 bits per heavy atom. The van der Waals surface area contributed by atoms with Gasteiger partial charge in [-0.05, 0) is 47.5 Å². The van der Waals surface area contributed by atoms with Crippen molar-refractivity contribution in [2.45, 2.75) is 10.8 Å². The SMILES string of the molecule is CN(CCS(N)(=O)=O)/C(=N/S(=O)(=O)c1ccc(Cl)cc1)N1C[C@H](c2ccccc2)C(c2ccc(Cl)cc2)=N1. The minimum absolute atomic E-state index is 0.0477. The molecule has 2 N–H and O–H groups in total. The Morgan fingerprint density at radius 2 is 1.55 bits per heavy atom. The zero-order valence-corrected chi connectivity index (χ0v) is 23.4. The van der Waals surface area contributed by atoms with Crippen LogP contribution in [0.15, 0.2) is 93.3 Å². The highest BCUT2D eigenvalue weighted by Gasteiger charge is 2.34. The van der Waals surface area contributed by atoms with Gasteiger partial charge in [0.25, 0.3) is 10.0 Å². The third kappa shape index (κ3) is 6.91. The van der Waals surface area contributed by atoms with Crippen molar-refractivity contribution in [2.75, 3.05) is 25.9 Å². The summed E-state index contributed by atoms with van der Waals surface area (Å²) in [4.78, 5) is 1.34. The molecule has 0 bridgehead atoms. The van der Waals surface area contributed by atoms with Gasteiger partial charge in [-0.25, -0.2) is 18.6 Å². The number of nitrogens with two attached hydrogens (primary N) is 1.